The number of aliphatic hydroxyl groups excluding tert-OH is 1. The molecular weight excluding hydrogens is 194 g/mol. The Balaban J connectivity index is 2.25. The smallest absolute Gasteiger partial charge is 0.350 e. The van der Waals surface area contributed by atoms with Gasteiger partial charge in [0.1, 0.15) is 5.82 Å². The minimum absolute atomic E-state index is 0.0113. The van der Waals surface area contributed by atoms with Crippen LogP contribution in [0.3, 0.4) is 0 Å². The van der Waals surface area contributed by atoms with Crippen molar-refractivity contribution in [3.63, 3.8) is 0 Å². The average Bonchev–Trinajstić information content (AvgIpc) is 2.66. The summed E-state index contributed by atoms with van der Waals surface area (Å²) in [6.07, 6.45) is 6.22. The van der Waals surface area contributed by atoms with Crippen molar-refractivity contribution in [3.05, 3.63) is 34.9 Å². The quantitative estimate of drug-likeness (QED) is 0.665. The molecular formula is C10H13N3O2. The van der Waals surface area contributed by atoms with E-state index in [0.717, 1.165) is 6.42 Å². The highest BCUT2D eigenvalue weighted by atomic mass is 16.3. The van der Waals surface area contributed by atoms with Crippen LogP contribution in [0.25, 0.3) is 0 Å². The van der Waals surface area contributed by atoms with Crippen LogP contribution in [0.15, 0.2) is 29.2 Å². The Labute approximate surface area is 86.9 Å². The van der Waals surface area contributed by atoms with Gasteiger partial charge in [0.05, 0.1) is 6.04 Å². The molecule has 0 aliphatic heterocycles. The lowest BCUT2D eigenvalue weighted by Gasteiger charge is -2.12. The summed E-state index contributed by atoms with van der Waals surface area (Å²) in [5, 5.41) is 8.97. The molecule has 5 heteroatoms. The molecule has 1 aliphatic carbocycles. The van der Waals surface area contributed by atoms with Gasteiger partial charge in [0.15, 0.2) is 0 Å². The zero-order valence-corrected chi connectivity index (χ0v) is 8.21. The molecule has 2 rings (SSSR count). The average molecular weight is 207 g/mol. The maximum absolute atomic E-state index is 11.5. The summed E-state index contributed by atoms with van der Waals surface area (Å²) in [6, 6.07) is 1.59. The Morgan fingerprint density at radius 3 is 3.00 bits per heavy atom. The van der Waals surface area contributed by atoms with Crippen molar-refractivity contribution in [3.8, 4) is 0 Å². The van der Waals surface area contributed by atoms with E-state index in [-0.39, 0.29) is 30.1 Å². The summed E-state index contributed by atoms with van der Waals surface area (Å²) in [5.74, 6) is 0.372. The van der Waals surface area contributed by atoms with Gasteiger partial charge in [-0.1, -0.05) is 12.2 Å². The first-order chi connectivity index (χ1) is 7.20. The zero-order chi connectivity index (χ0) is 10.8. The molecule has 15 heavy (non-hydrogen) atoms. The van der Waals surface area contributed by atoms with E-state index in [2.05, 4.69) is 4.98 Å². The lowest BCUT2D eigenvalue weighted by atomic mass is 10.1. The number of nitrogens with two attached hydrogens (primary N) is 1. The summed E-state index contributed by atoms with van der Waals surface area (Å²) in [7, 11) is 0. The van der Waals surface area contributed by atoms with E-state index in [1.165, 1.54) is 4.57 Å². The van der Waals surface area contributed by atoms with Crippen LogP contribution in [-0.4, -0.2) is 21.3 Å². The van der Waals surface area contributed by atoms with Gasteiger partial charge < -0.3 is 10.8 Å². The van der Waals surface area contributed by atoms with E-state index in [4.69, 9.17) is 10.8 Å². The van der Waals surface area contributed by atoms with E-state index in [1.807, 2.05) is 12.2 Å². The first-order valence-corrected chi connectivity index (χ1v) is 4.84. The van der Waals surface area contributed by atoms with Gasteiger partial charge in [-0.15, -0.1) is 0 Å². The highest BCUT2D eigenvalue weighted by Crippen LogP contribution is 2.25. The number of hydrogen-bond acceptors (Lipinski definition) is 4. The molecule has 1 aliphatic rings. The van der Waals surface area contributed by atoms with Crippen LogP contribution < -0.4 is 11.4 Å². The van der Waals surface area contributed by atoms with Gasteiger partial charge in [-0.25, -0.2) is 4.79 Å². The van der Waals surface area contributed by atoms with Crippen molar-refractivity contribution in [2.75, 3.05) is 12.3 Å². The Morgan fingerprint density at radius 2 is 2.40 bits per heavy atom. The fourth-order valence-corrected chi connectivity index (χ4v) is 1.77. The summed E-state index contributed by atoms with van der Waals surface area (Å²) in [6.45, 7) is 0.115. The Bertz CT molecular complexity index is 439. The molecule has 0 saturated carbocycles. The Morgan fingerprint density at radius 1 is 1.60 bits per heavy atom. The summed E-state index contributed by atoms with van der Waals surface area (Å²) < 4.78 is 1.53. The lowest BCUT2D eigenvalue weighted by molar-refractivity contribution is 0.243. The van der Waals surface area contributed by atoms with Crippen molar-refractivity contribution in [2.24, 2.45) is 5.92 Å². The molecule has 5 nitrogen and oxygen atoms in total. The normalized spacial score (nSPS) is 24.6. The van der Waals surface area contributed by atoms with Crippen LogP contribution in [0.2, 0.25) is 0 Å². The van der Waals surface area contributed by atoms with Crippen molar-refractivity contribution < 1.29 is 5.11 Å². The molecule has 0 radical (unpaired) electrons. The van der Waals surface area contributed by atoms with E-state index in [9.17, 15) is 4.79 Å². The van der Waals surface area contributed by atoms with Gasteiger partial charge in [0.25, 0.3) is 0 Å². The predicted octanol–water partition coefficient (Wildman–Crippen LogP) is -0.0650. The molecule has 0 amide bonds. The molecule has 0 bridgehead atoms. The van der Waals surface area contributed by atoms with E-state index >= 15 is 0 Å². The van der Waals surface area contributed by atoms with Gasteiger partial charge in [-0.2, -0.15) is 4.98 Å². The first kappa shape index (κ1) is 9.92. The largest absolute Gasteiger partial charge is 0.396 e. The van der Waals surface area contributed by atoms with Gasteiger partial charge in [-0.05, 0) is 12.5 Å². The molecule has 1 aromatic rings. The molecule has 0 aromatic carbocycles. The third kappa shape index (κ3) is 1.92. The van der Waals surface area contributed by atoms with Gasteiger partial charge in [0.2, 0.25) is 0 Å². The number of allylic oxidation sites excluding steroid dienone is 1. The van der Waals surface area contributed by atoms with E-state index in [0.29, 0.717) is 0 Å². The number of rotatable bonds is 2. The standard InChI is InChI=1S/C10H13N3O2/c11-9-3-4-13(10(15)12-9)8-2-1-7(5-8)6-14/h1-4,7-8,14H,5-6H2,(H2,11,12,15)/t7-,8+/m1/s1. The summed E-state index contributed by atoms with van der Waals surface area (Å²) >= 11 is 0. The molecule has 0 unspecified atom stereocenters. The van der Waals surface area contributed by atoms with Crippen molar-refractivity contribution >= 4 is 5.82 Å². The number of nitrogen functional groups attached to an aromatic ring is 1. The van der Waals surface area contributed by atoms with Crippen molar-refractivity contribution in [2.45, 2.75) is 12.5 Å². The van der Waals surface area contributed by atoms with Crippen LogP contribution in [0, 0.1) is 5.92 Å². The topological polar surface area (TPSA) is 81.1 Å². The Kier molecular flexibility index (Phi) is 2.55. The maximum Gasteiger partial charge on any atom is 0.350 e. The van der Waals surface area contributed by atoms with E-state index < -0.39 is 0 Å². The highest BCUT2D eigenvalue weighted by Gasteiger charge is 2.20. The van der Waals surface area contributed by atoms with Crippen molar-refractivity contribution in [1.29, 1.82) is 0 Å². The first-order valence-electron chi connectivity index (χ1n) is 4.84. The lowest BCUT2D eigenvalue weighted by Crippen LogP contribution is -2.26. The minimum Gasteiger partial charge on any atom is -0.396 e. The monoisotopic (exact) mass is 207 g/mol. The Hall–Kier alpha value is -1.62. The predicted molar refractivity (Wildman–Crippen MR) is 56.3 cm³/mol. The van der Waals surface area contributed by atoms with Gasteiger partial charge >= 0.3 is 5.69 Å². The fraction of sp³-hybridized carbons (Fsp3) is 0.400. The second kappa shape index (κ2) is 3.86. The molecule has 1 aromatic heterocycles. The maximum atomic E-state index is 11.5. The van der Waals surface area contributed by atoms with Crippen molar-refractivity contribution in [1.82, 2.24) is 9.55 Å². The molecule has 0 saturated heterocycles. The number of anilines is 1. The molecule has 0 spiro atoms. The highest BCUT2D eigenvalue weighted by molar-refractivity contribution is 5.24. The number of nitrogens with zero attached hydrogens (tertiary/aromatic N) is 2. The van der Waals surface area contributed by atoms with Gasteiger partial charge in [-0.3, -0.25) is 4.57 Å². The van der Waals surface area contributed by atoms with Crippen LogP contribution in [0.4, 0.5) is 5.82 Å². The van der Waals surface area contributed by atoms with Crippen LogP contribution in [-0.2, 0) is 0 Å². The minimum atomic E-state index is -0.344. The second-order valence-corrected chi connectivity index (χ2v) is 3.67. The van der Waals surface area contributed by atoms with E-state index in [1.54, 1.807) is 12.3 Å². The molecule has 80 valence electrons. The molecule has 3 N–H and O–H groups in total. The summed E-state index contributed by atoms with van der Waals surface area (Å²) in [5.41, 5.74) is 5.05. The van der Waals surface area contributed by atoms with Crippen LogP contribution >= 0.6 is 0 Å². The zero-order valence-electron chi connectivity index (χ0n) is 8.21. The van der Waals surface area contributed by atoms with Crippen LogP contribution in [0.1, 0.15) is 12.5 Å². The molecule has 0 fully saturated rings. The number of aliphatic hydroxyl groups is 1. The number of aromatic nitrogens is 2. The summed E-state index contributed by atoms with van der Waals surface area (Å²) in [4.78, 5) is 15.2. The number of hydrogen-bond donors (Lipinski definition) is 2. The second-order valence-electron chi connectivity index (χ2n) is 3.67. The fourth-order valence-electron chi connectivity index (χ4n) is 1.77. The van der Waals surface area contributed by atoms with Gasteiger partial charge in [0, 0.05) is 18.7 Å². The molecule has 1 heterocycles. The van der Waals surface area contributed by atoms with Crippen LogP contribution in [0.5, 0.6) is 0 Å². The SMILES string of the molecule is Nc1ccn([C@H]2C=C[C@@H](CO)C2)c(=O)n1. The third-order valence-electron chi connectivity index (χ3n) is 2.59. The molecule has 2 atom stereocenters. The third-order valence-corrected chi connectivity index (χ3v) is 2.59.